The fourth-order valence-electron chi connectivity index (χ4n) is 2.70. The fourth-order valence-corrected chi connectivity index (χ4v) is 2.70. The van der Waals surface area contributed by atoms with Gasteiger partial charge in [-0.3, -0.25) is 0 Å². The Morgan fingerprint density at radius 3 is 2.24 bits per heavy atom. The zero-order chi connectivity index (χ0) is 12.7. The minimum atomic E-state index is 0.706. The van der Waals surface area contributed by atoms with Crippen molar-refractivity contribution in [3.63, 3.8) is 0 Å². The van der Waals surface area contributed by atoms with Crippen molar-refractivity contribution in [3.05, 3.63) is 0 Å². The molecule has 1 saturated heterocycles. The summed E-state index contributed by atoms with van der Waals surface area (Å²) in [6.45, 7) is 12.4. The fraction of sp³-hybridized carbons (Fsp3) is 1.00. The van der Waals surface area contributed by atoms with E-state index in [-0.39, 0.29) is 0 Å². The lowest BCUT2D eigenvalue weighted by Crippen LogP contribution is -2.33. The molecule has 0 aromatic rings. The molecule has 1 unspecified atom stereocenters. The normalized spacial score (nSPS) is 21.0. The van der Waals surface area contributed by atoms with E-state index in [9.17, 15) is 0 Å². The van der Waals surface area contributed by atoms with E-state index in [1.807, 2.05) is 0 Å². The van der Waals surface area contributed by atoms with Crippen LogP contribution in [0.1, 0.15) is 53.4 Å². The van der Waals surface area contributed by atoms with Gasteiger partial charge in [-0.05, 0) is 50.0 Å². The van der Waals surface area contributed by atoms with Crippen LogP contribution in [-0.2, 0) is 4.74 Å². The highest BCUT2D eigenvalue weighted by Crippen LogP contribution is 2.17. The summed E-state index contributed by atoms with van der Waals surface area (Å²) < 4.78 is 5.42. The molecule has 0 aliphatic carbocycles. The molecule has 0 bridgehead atoms. The Hall–Kier alpha value is -0.0800. The summed E-state index contributed by atoms with van der Waals surface area (Å²) in [6.07, 6.45) is 5.16. The summed E-state index contributed by atoms with van der Waals surface area (Å²) in [7, 11) is 0. The molecule has 17 heavy (non-hydrogen) atoms. The van der Waals surface area contributed by atoms with Crippen molar-refractivity contribution in [3.8, 4) is 0 Å². The molecular formula is C15H31NO. The van der Waals surface area contributed by atoms with Gasteiger partial charge in [0.05, 0.1) is 0 Å². The summed E-state index contributed by atoms with van der Waals surface area (Å²) in [4.78, 5) is 0. The Morgan fingerprint density at radius 2 is 1.76 bits per heavy atom. The Kier molecular flexibility index (Phi) is 7.14. The maximum absolute atomic E-state index is 5.42. The van der Waals surface area contributed by atoms with Gasteiger partial charge in [0, 0.05) is 19.3 Å². The van der Waals surface area contributed by atoms with Crippen molar-refractivity contribution in [2.24, 2.45) is 17.8 Å². The lowest BCUT2D eigenvalue weighted by Gasteiger charge is -2.23. The minimum Gasteiger partial charge on any atom is -0.381 e. The van der Waals surface area contributed by atoms with Crippen LogP contribution in [0.5, 0.6) is 0 Å². The summed E-state index contributed by atoms with van der Waals surface area (Å²) in [6, 6.07) is 0.706. The Balaban J connectivity index is 2.17. The standard InChI is InChI=1S/C15H31NO/c1-12(2)9-15(10-13(3)4)16-7-5-14-6-8-17-11-14/h12-16H,5-11H2,1-4H3. The van der Waals surface area contributed by atoms with Gasteiger partial charge in [0.25, 0.3) is 0 Å². The van der Waals surface area contributed by atoms with Crippen LogP contribution >= 0.6 is 0 Å². The molecule has 1 atom stereocenters. The smallest absolute Gasteiger partial charge is 0.0495 e. The maximum Gasteiger partial charge on any atom is 0.0495 e. The number of hydrogen-bond acceptors (Lipinski definition) is 2. The number of ether oxygens (including phenoxy) is 1. The molecule has 0 saturated carbocycles. The van der Waals surface area contributed by atoms with Gasteiger partial charge in [-0.1, -0.05) is 27.7 Å². The van der Waals surface area contributed by atoms with Crippen LogP contribution in [0.4, 0.5) is 0 Å². The van der Waals surface area contributed by atoms with Crippen molar-refractivity contribution in [1.82, 2.24) is 5.32 Å². The van der Waals surface area contributed by atoms with Gasteiger partial charge in [0.1, 0.15) is 0 Å². The maximum atomic E-state index is 5.42. The van der Waals surface area contributed by atoms with Gasteiger partial charge in [-0.25, -0.2) is 0 Å². The Morgan fingerprint density at radius 1 is 1.12 bits per heavy atom. The molecule has 0 spiro atoms. The first-order valence-electron chi connectivity index (χ1n) is 7.39. The lowest BCUT2D eigenvalue weighted by molar-refractivity contribution is 0.183. The van der Waals surface area contributed by atoms with Crippen LogP contribution in [0.25, 0.3) is 0 Å². The summed E-state index contributed by atoms with van der Waals surface area (Å²) >= 11 is 0. The SMILES string of the molecule is CC(C)CC(CC(C)C)NCCC1CCOC1. The Bertz CT molecular complexity index is 175. The molecular weight excluding hydrogens is 210 g/mol. The molecule has 1 aliphatic rings. The average molecular weight is 241 g/mol. The van der Waals surface area contributed by atoms with Crippen molar-refractivity contribution in [1.29, 1.82) is 0 Å². The first-order chi connectivity index (χ1) is 8.08. The molecule has 1 N–H and O–H groups in total. The van der Waals surface area contributed by atoms with Crippen molar-refractivity contribution in [2.75, 3.05) is 19.8 Å². The molecule has 0 amide bonds. The van der Waals surface area contributed by atoms with Crippen molar-refractivity contribution < 1.29 is 4.74 Å². The van der Waals surface area contributed by atoms with Gasteiger partial charge in [-0.2, -0.15) is 0 Å². The molecule has 1 fully saturated rings. The van der Waals surface area contributed by atoms with Crippen molar-refractivity contribution >= 4 is 0 Å². The third kappa shape index (κ3) is 7.05. The average Bonchev–Trinajstić information content (AvgIpc) is 2.68. The topological polar surface area (TPSA) is 21.3 Å². The van der Waals surface area contributed by atoms with E-state index in [0.29, 0.717) is 6.04 Å². The third-order valence-corrected chi connectivity index (χ3v) is 3.52. The molecule has 102 valence electrons. The molecule has 2 heteroatoms. The lowest BCUT2D eigenvalue weighted by atomic mass is 9.95. The first-order valence-corrected chi connectivity index (χ1v) is 7.39. The second kappa shape index (κ2) is 8.10. The highest BCUT2D eigenvalue weighted by molar-refractivity contribution is 4.72. The molecule has 0 radical (unpaired) electrons. The zero-order valence-corrected chi connectivity index (χ0v) is 12.2. The minimum absolute atomic E-state index is 0.706. The van der Waals surface area contributed by atoms with Gasteiger partial charge >= 0.3 is 0 Å². The van der Waals surface area contributed by atoms with Gasteiger partial charge in [0.2, 0.25) is 0 Å². The third-order valence-electron chi connectivity index (χ3n) is 3.52. The summed E-state index contributed by atoms with van der Waals surface area (Å²) in [5, 5.41) is 3.75. The Labute approximate surface area is 108 Å². The van der Waals surface area contributed by atoms with E-state index in [4.69, 9.17) is 4.74 Å². The van der Waals surface area contributed by atoms with Crippen LogP contribution in [0.3, 0.4) is 0 Å². The van der Waals surface area contributed by atoms with Gasteiger partial charge < -0.3 is 10.1 Å². The first kappa shape index (κ1) is 15.0. The van der Waals surface area contributed by atoms with E-state index in [0.717, 1.165) is 37.5 Å². The van der Waals surface area contributed by atoms with E-state index >= 15 is 0 Å². The zero-order valence-electron chi connectivity index (χ0n) is 12.2. The molecule has 1 heterocycles. The van der Waals surface area contributed by atoms with E-state index < -0.39 is 0 Å². The predicted molar refractivity (Wildman–Crippen MR) is 74.2 cm³/mol. The number of hydrogen-bond donors (Lipinski definition) is 1. The second-order valence-electron chi connectivity index (χ2n) is 6.43. The molecule has 1 aliphatic heterocycles. The monoisotopic (exact) mass is 241 g/mol. The summed E-state index contributed by atoms with van der Waals surface area (Å²) in [5.41, 5.74) is 0. The van der Waals surface area contributed by atoms with Gasteiger partial charge in [0.15, 0.2) is 0 Å². The second-order valence-corrected chi connectivity index (χ2v) is 6.43. The number of rotatable bonds is 8. The van der Waals surface area contributed by atoms with Gasteiger partial charge in [-0.15, -0.1) is 0 Å². The summed E-state index contributed by atoms with van der Waals surface area (Å²) in [5.74, 6) is 2.39. The molecule has 0 aromatic heterocycles. The van der Waals surface area contributed by atoms with Crippen LogP contribution < -0.4 is 5.32 Å². The number of nitrogens with one attached hydrogen (secondary N) is 1. The van der Waals surface area contributed by atoms with Crippen LogP contribution in [-0.4, -0.2) is 25.8 Å². The van der Waals surface area contributed by atoms with Crippen LogP contribution in [0, 0.1) is 17.8 Å². The van der Waals surface area contributed by atoms with Crippen LogP contribution in [0.15, 0.2) is 0 Å². The van der Waals surface area contributed by atoms with Crippen LogP contribution in [0.2, 0.25) is 0 Å². The van der Waals surface area contributed by atoms with E-state index in [1.165, 1.54) is 25.7 Å². The molecule has 1 rings (SSSR count). The highest BCUT2D eigenvalue weighted by Gasteiger charge is 2.17. The largest absolute Gasteiger partial charge is 0.381 e. The predicted octanol–water partition coefficient (Wildman–Crippen LogP) is 3.46. The van der Waals surface area contributed by atoms with Crippen molar-refractivity contribution in [2.45, 2.75) is 59.4 Å². The quantitative estimate of drug-likeness (QED) is 0.702. The molecule has 0 aromatic carbocycles. The van der Waals surface area contributed by atoms with E-state index in [2.05, 4.69) is 33.0 Å². The van der Waals surface area contributed by atoms with E-state index in [1.54, 1.807) is 0 Å². The highest BCUT2D eigenvalue weighted by atomic mass is 16.5. The molecule has 2 nitrogen and oxygen atoms in total.